The van der Waals surface area contributed by atoms with E-state index in [1.54, 1.807) is 6.33 Å². The van der Waals surface area contributed by atoms with Crippen LogP contribution >= 0.6 is 0 Å². The molecule has 0 atom stereocenters. The summed E-state index contributed by atoms with van der Waals surface area (Å²) in [6, 6.07) is 8.56. The lowest BCUT2D eigenvalue weighted by Crippen LogP contribution is -2.02. The lowest BCUT2D eigenvalue weighted by molar-refractivity contribution is 0.866. The van der Waals surface area contributed by atoms with Crippen molar-refractivity contribution in [3.8, 4) is 11.3 Å². The van der Waals surface area contributed by atoms with Gasteiger partial charge in [-0.15, -0.1) is 0 Å². The van der Waals surface area contributed by atoms with Crippen LogP contribution in [0, 0.1) is 0 Å². The number of nitrogens with two attached hydrogens (primary N) is 1. The van der Waals surface area contributed by atoms with E-state index in [2.05, 4.69) is 55.0 Å². The number of nitrogens with zero attached hydrogens (tertiary/aromatic N) is 2. The van der Waals surface area contributed by atoms with Crippen LogP contribution in [0.25, 0.3) is 11.3 Å². The molecular formula is C16H21N3. The standard InChI is InChI=1S/C16H21N3/c1-4-5-14-15(18-10-19-16(14)17)13-8-6-12(7-9-13)11(2)3/h6-11H,4-5H2,1-3H3,(H2,17,18,19). The third-order valence-electron chi connectivity index (χ3n) is 3.33. The van der Waals surface area contributed by atoms with Gasteiger partial charge in [0.25, 0.3) is 0 Å². The summed E-state index contributed by atoms with van der Waals surface area (Å²) in [6.07, 6.45) is 3.49. The maximum Gasteiger partial charge on any atom is 0.130 e. The van der Waals surface area contributed by atoms with Gasteiger partial charge in [-0.25, -0.2) is 9.97 Å². The zero-order valence-corrected chi connectivity index (χ0v) is 11.9. The van der Waals surface area contributed by atoms with E-state index in [0.29, 0.717) is 11.7 Å². The summed E-state index contributed by atoms with van der Waals surface area (Å²) in [5.74, 6) is 1.14. The van der Waals surface area contributed by atoms with Gasteiger partial charge in [-0.05, 0) is 17.9 Å². The number of nitrogen functional groups attached to an aromatic ring is 1. The van der Waals surface area contributed by atoms with Crippen molar-refractivity contribution < 1.29 is 0 Å². The summed E-state index contributed by atoms with van der Waals surface area (Å²) in [4.78, 5) is 8.51. The van der Waals surface area contributed by atoms with Crippen molar-refractivity contribution in [3.05, 3.63) is 41.7 Å². The summed E-state index contributed by atoms with van der Waals surface area (Å²) in [7, 11) is 0. The van der Waals surface area contributed by atoms with E-state index in [-0.39, 0.29) is 0 Å². The van der Waals surface area contributed by atoms with Crippen molar-refractivity contribution in [2.24, 2.45) is 0 Å². The van der Waals surface area contributed by atoms with Gasteiger partial charge >= 0.3 is 0 Å². The number of hydrogen-bond donors (Lipinski definition) is 1. The Morgan fingerprint density at radius 2 is 1.79 bits per heavy atom. The molecule has 0 bridgehead atoms. The zero-order valence-electron chi connectivity index (χ0n) is 11.9. The van der Waals surface area contributed by atoms with Crippen LogP contribution < -0.4 is 5.73 Å². The fourth-order valence-corrected chi connectivity index (χ4v) is 2.20. The second kappa shape index (κ2) is 5.83. The Hall–Kier alpha value is -1.90. The first-order chi connectivity index (χ1) is 9.13. The Labute approximate surface area is 114 Å². The minimum atomic E-state index is 0.541. The molecule has 2 rings (SSSR count). The molecule has 0 saturated carbocycles. The molecular weight excluding hydrogens is 234 g/mol. The number of hydrogen-bond acceptors (Lipinski definition) is 3. The van der Waals surface area contributed by atoms with Gasteiger partial charge in [0.2, 0.25) is 0 Å². The minimum absolute atomic E-state index is 0.541. The Morgan fingerprint density at radius 3 is 2.37 bits per heavy atom. The normalized spacial score (nSPS) is 10.9. The summed E-state index contributed by atoms with van der Waals surface area (Å²) in [5, 5.41) is 0. The molecule has 1 aromatic heterocycles. The average Bonchev–Trinajstić information content (AvgIpc) is 2.41. The van der Waals surface area contributed by atoms with Crippen molar-refractivity contribution in [2.45, 2.75) is 39.5 Å². The molecule has 0 fully saturated rings. The predicted octanol–water partition coefficient (Wildman–Crippen LogP) is 3.80. The summed E-state index contributed by atoms with van der Waals surface area (Å²) in [6.45, 7) is 6.53. The Bertz CT molecular complexity index is 544. The fraction of sp³-hybridized carbons (Fsp3) is 0.375. The van der Waals surface area contributed by atoms with Gasteiger partial charge in [0.1, 0.15) is 12.1 Å². The molecule has 3 heteroatoms. The average molecular weight is 255 g/mol. The topological polar surface area (TPSA) is 51.8 Å². The van der Waals surface area contributed by atoms with Crippen LogP contribution in [-0.2, 0) is 6.42 Å². The second-order valence-electron chi connectivity index (χ2n) is 5.11. The molecule has 1 heterocycles. The second-order valence-corrected chi connectivity index (χ2v) is 5.11. The maximum atomic E-state index is 5.97. The van der Waals surface area contributed by atoms with E-state index in [0.717, 1.165) is 29.7 Å². The van der Waals surface area contributed by atoms with Crippen molar-refractivity contribution in [1.29, 1.82) is 0 Å². The minimum Gasteiger partial charge on any atom is -0.383 e. The fourth-order valence-electron chi connectivity index (χ4n) is 2.20. The number of anilines is 1. The zero-order chi connectivity index (χ0) is 13.8. The van der Waals surface area contributed by atoms with E-state index in [1.165, 1.54) is 5.56 Å². The van der Waals surface area contributed by atoms with E-state index < -0.39 is 0 Å². The monoisotopic (exact) mass is 255 g/mol. The van der Waals surface area contributed by atoms with Crippen LogP contribution in [0.2, 0.25) is 0 Å². The van der Waals surface area contributed by atoms with E-state index >= 15 is 0 Å². The van der Waals surface area contributed by atoms with E-state index in [9.17, 15) is 0 Å². The van der Waals surface area contributed by atoms with Crippen LogP contribution in [-0.4, -0.2) is 9.97 Å². The highest BCUT2D eigenvalue weighted by Crippen LogP contribution is 2.26. The van der Waals surface area contributed by atoms with Gasteiger partial charge in [0, 0.05) is 11.1 Å². The smallest absolute Gasteiger partial charge is 0.130 e. The first-order valence-electron chi connectivity index (χ1n) is 6.83. The SMILES string of the molecule is CCCc1c(N)ncnc1-c1ccc(C(C)C)cc1. The van der Waals surface area contributed by atoms with Crippen LogP contribution in [0.15, 0.2) is 30.6 Å². The molecule has 0 spiro atoms. The van der Waals surface area contributed by atoms with Gasteiger partial charge < -0.3 is 5.73 Å². The highest BCUT2D eigenvalue weighted by Gasteiger charge is 2.10. The van der Waals surface area contributed by atoms with Crippen molar-refractivity contribution in [3.63, 3.8) is 0 Å². The van der Waals surface area contributed by atoms with Gasteiger partial charge in [-0.3, -0.25) is 0 Å². The maximum absolute atomic E-state index is 5.97. The van der Waals surface area contributed by atoms with E-state index in [1.807, 2.05) is 0 Å². The van der Waals surface area contributed by atoms with Crippen LogP contribution in [0.5, 0.6) is 0 Å². The molecule has 2 aromatic rings. The highest BCUT2D eigenvalue weighted by atomic mass is 14.9. The molecule has 3 nitrogen and oxygen atoms in total. The molecule has 0 amide bonds. The molecule has 0 aliphatic heterocycles. The molecule has 0 saturated heterocycles. The molecule has 2 N–H and O–H groups in total. The molecule has 0 unspecified atom stereocenters. The first kappa shape index (κ1) is 13.5. The summed E-state index contributed by atoms with van der Waals surface area (Å²) >= 11 is 0. The molecule has 19 heavy (non-hydrogen) atoms. The van der Waals surface area contributed by atoms with Gasteiger partial charge in [0.15, 0.2) is 0 Å². The van der Waals surface area contributed by atoms with Gasteiger partial charge in [-0.2, -0.15) is 0 Å². The third kappa shape index (κ3) is 2.92. The molecule has 0 aliphatic carbocycles. The largest absolute Gasteiger partial charge is 0.383 e. The van der Waals surface area contributed by atoms with Gasteiger partial charge in [0.05, 0.1) is 5.69 Å². The number of aromatic nitrogens is 2. The molecule has 1 aromatic carbocycles. The first-order valence-corrected chi connectivity index (χ1v) is 6.83. The van der Waals surface area contributed by atoms with Crippen molar-refractivity contribution >= 4 is 5.82 Å². The van der Waals surface area contributed by atoms with Crippen molar-refractivity contribution in [2.75, 3.05) is 5.73 Å². The van der Waals surface area contributed by atoms with Crippen LogP contribution in [0.4, 0.5) is 5.82 Å². The van der Waals surface area contributed by atoms with Gasteiger partial charge in [-0.1, -0.05) is 51.5 Å². The van der Waals surface area contributed by atoms with E-state index in [4.69, 9.17) is 5.73 Å². The van der Waals surface area contributed by atoms with Crippen LogP contribution in [0.1, 0.15) is 44.2 Å². The molecule has 100 valence electrons. The summed E-state index contributed by atoms with van der Waals surface area (Å²) in [5.41, 5.74) is 10.4. The quantitative estimate of drug-likeness (QED) is 0.904. The Balaban J connectivity index is 2.43. The van der Waals surface area contributed by atoms with Crippen molar-refractivity contribution in [1.82, 2.24) is 9.97 Å². The molecule has 0 radical (unpaired) electrons. The number of benzene rings is 1. The van der Waals surface area contributed by atoms with Crippen LogP contribution in [0.3, 0.4) is 0 Å². The third-order valence-corrected chi connectivity index (χ3v) is 3.33. The summed E-state index contributed by atoms with van der Waals surface area (Å²) < 4.78 is 0. The Morgan fingerprint density at radius 1 is 1.11 bits per heavy atom. The Kier molecular flexibility index (Phi) is 4.15. The lowest BCUT2D eigenvalue weighted by atomic mass is 9.98. The predicted molar refractivity (Wildman–Crippen MR) is 80.0 cm³/mol. The lowest BCUT2D eigenvalue weighted by Gasteiger charge is -2.11. The highest BCUT2D eigenvalue weighted by molar-refractivity contribution is 5.67. The number of rotatable bonds is 4. The molecule has 0 aliphatic rings.